The summed E-state index contributed by atoms with van der Waals surface area (Å²) in [6.45, 7) is 0. The molecule has 0 bridgehead atoms. The maximum Gasteiger partial charge on any atom is 0.220 e. The Morgan fingerprint density at radius 1 is 1.50 bits per heavy atom. The minimum absolute atomic E-state index is 0. The van der Waals surface area contributed by atoms with Gasteiger partial charge in [0, 0.05) is 6.07 Å². The summed E-state index contributed by atoms with van der Waals surface area (Å²) in [5.74, 6) is 0. The summed E-state index contributed by atoms with van der Waals surface area (Å²) < 4.78 is 0. The number of aromatic amines is 1. The van der Waals surface area contributed by atoms with E-state index in [2.05, 4.69) is 10.2 Å². The van der Waals surface area contributed by atoms with Gasteiger partial charge in [0.15, 0.2) is 5.15 Å². The van der Waals surface area contributed by atoms with E-state index in [-0.39, 0.29) is 21.2 Å². The first kappa shape index (κ1) is 9.42. The third kappa shape index (κ3) is 1.98. The van der Waals surface area contributed by atoms with Crippen molar-refractivity contribution in [1.82, 2.24) is 10.2 Å². The van der Waals surface area contributed by atoms with Gasteiger partial charge in [-0.3, -0.25) is 9.89 Å². The van der Waals surface area contributed by atoms with Crippen molar-refractivity contribution in [3.8, 4) is 0 Å². The van der Waals surface area contributed by atoms with Gasteiger partial charge in [-0.25, -0.2) is 0 Å². The van der Waals surface area contributed by atoms with Gasteiger partial charge in [-0.15, -0.1) is 0 Å². The second-order valence-electron chi connectivity index (χ2n) is 1.37. The highest BCUT2D eigenvalue weighted by molar-refractivity contribution is 6.31. The molecule has 1 rings (SSSR count). The zero-order chi connectivity index (χ0) is 6.85. The SMILES string of the molecule is O.O=c1cc(Cl)[nH]nc1Cl. The van der Waals surface area contributed by atoms with Crippen LogP contribution in [0.2, 0.25) is 10.3 Å². The average Bonchev–Trinajstić information content (AvgIpc) is 1.80. The van der Waals surface area contributed by atoms with E-state index in [1.807, 2.05) is 0 Å². The minimum atomic E-state index is -0.375. The maximum atomic E-state index is 10.5. The highest BCUT2D eigenvalue weighted by atomic mass is 35.5. The standard InChI is InChI=1S/C4H2Cl2N2O.H2O/c5-3-1-2(9)4(6)8-7-3;/h1H,(H,7,9);1H2. The first-order chi connectivity index (χ1) is 4.20. The van der Waals surface area contributed by atoms with E-state index in [4.69, 9.17) is 23.2 Å². The van der Waals surface area contributed by atoms with E-state index in [0.717, 1.165) is 6.07 Å². The van der Waals surface area contributed by atoms with E-state index in [1.54, 1.807) is 0 Å². The zero-order valence-electron chi connectivity index (χ0n) is 4.69. The molecular formula is C4H4Cl2N2O2. The van der Waals surface area contributed by atoms with E-state index in [1.165, 1.54) is 0 Å². The normalized spacial score (nSPS) is 8.60. The average molecular weight is 183 g/mol. The summed E-state index contributed by atoms with van der Waals surface area (Å²) in [6, 6.07) is 1.16. The lowest BCUT2D eigenvalue weighted by atomic mass is 10.6. The number of aromatic nitrogens is 2. The monoisotopic (exact) mass is 182 g/mol. The fourth-order valence-corrected chi connectivity index (χ4v) is 0.603. The fourth-order valence-electron chi connectivity index (χ4n) is 0.365. The lowest BCUT2D eigenvalue weighted by Gasteiger charge is -1.86. The smallest absolute Gasteiger partial charge is 0.220 e. The third-order valence-electron chi connectivity index (χ3n) is 0.722. The van der Waals surface area contributed by atoms with Gasteiger partial charge in [0.2, 0.25) is 5.43 Å². The molecule has 6 heteroatoms. The van der Waals surface area contributed by atoms with Gasteiger partial charge in [-0.05, 0) is 0 Å². The lowest BCUT2D eigenvalue weighted by Crippen LogP contribution is -2.02. The van der Waals surface area contributed by atoms with Gasteiger partial charge in [0.25, 0.3) is 0 Å². The van der Waals surface area contributed by atoms with Crippen LogP contribution in [0.5, 0.6) is 0 Å². The lowest BCUT2D eigenvalue weighted by molar-refractivity contribution is 0.824. The predicted octanol–water partition coefficient (Wildman–Crippen LogP) is 0.252. The van der Waals surface area contributed by atoms with Crippen LogP contribution >= 0.6 is 23.2 Å². The Hall–Kier alpha value is -0.580. The Morgan fingerprint density at radius 2 is 2.10 bits per heavy atom. The summed E-state index contributed by atoms with van der Waals surface area (Å²) >= 11 is 10.6. The van der Waals surface area contributed by atoms with E-state index >= 15 is 0 Å². The van der Waals surface area contributed by atoms with Crippen LogP contribution in [0.1, 0.15) is 0 Å². The zero-order valence-corrected chi connectivity index (χ0v) is 6.20. The van der Waals surface area contributed by atoms with Gasteiger partial charge >= 0.3 is 0 Å². The maximum absolute atomic E-state index is 10.5. The Morgan fingerprint density at radius 3 is 2.50 bits per heavy atom. The van der Waals surface area contributed by atoms with E-state index in [9.17, 15) is 4.79 Å². The Labute approximate surface area is 66.1 Å². The first-order valence-electron chi connectivity index (χ1n) is 2.11. The number of nitrogens with zero attached hydrogens (tertiary/aromatic N) is 1. The molecule has 1 heterocycles. The summed E-state index contributed by atoms with van der Waals surface area (Å²) in [5, 5.41) is 5.78. The van der Waals surface area contributed by atoms with Crippen molar-refractivity contribution >= 4 is 23.2 Å². The fraction of sp³-hybridized carbons (Fsp3) is 0. The Bertz CT molecular complexity index is 272. The largest absolute Gasteiger partial charge is 0.412 e. The molecule has 0 amide bonds. The molecular weight excluding hydrogens is 179 g/mol. The van der Waals surface area contributed by atoms with Gasteiger partial charge in [-0.1, -0.05) is 23.2 Å². The number of H-pyrrole nitrogens is 1. The van der Waals surface area contributed by atoms with Crippen molar-refractivity contribution in [2.45, 2.75) is 0 Å². The molecule has 0 saturated carbocycles. The molecule has 0 saturated heterocycles. The second kappa shape index (κ2) is 3.55. The van der Waals surface area contributed by atoms with Crippen LogP contribution in [-0.2, 0) is 0 Å². The molecule has 1 aromatic rings. The van der Waals surface area contributed by atoms with Crippen LogP contribution in [-0.4, -0.2) is 15.7 Å². The number of halogens is 2. The first-order valence-corrected chi connectivity index (χ1v) is 2.86. The molecule has 56 valence electrons. The number of nitrogens with one attached hydrogen (secondary N) is 1. The van der Waals surface area contributed by atoms with Crippen molar-refractivity contribution in [3.05, 3.63) is 26.6 Å². The summed E-state index contributed by atoms with van der Waals surface area (Å²) in [6.07, 6.45) is 0. The van der Waals surface area contributed by atoms with Crippen LogP contribution in [0.3, 0.4) is 0 Å². The van der Waals surface area contributed by atoms with E-state index in [0.29, 0.717) is 0 Å². The minimum Gasteiger partial charge on any atom is -0.412 e. The second-order valence-corrected chi connectivity index (χ2v) is 2.14. The van der Waals surface area contributed by atoms with Crippen LogP contribution in [0.15, 0.2) is 10.9 Å². The summed E-state index contributed by atoms with van der Waals surface area (Å²) in [7, 11) is 0. The van der Waals surface area contributed by atoms with Crippen LogP contribution in [0, 0.1) is 0 Å². The van der Waals surface area contributed by atoms with E-state index < -0.39 is 0 Å². The van der Waals surface area contributed by atoms with Crippen LogP contribution in [0.25, 0.3) is 0 Å². The van der Waals surface area contributed by atoms with Crippen molar-refractivity contribution in [2.75, 3.05) is 0 Å². The number of hydrogen-bond acceptors (Lipinski definition) is 2. The molecule has 0 aliphatic carbocycles. The molecule has 0 radical (unpaired) electrons. The van der Waals surface area contributed by atoms with Gasteiger partial charge in [0.1, 0.15) is 5.15 Å². The molecule has 4 nitrogen and oxygen atoms in total. The quantitative estimate of drug-likeness (QED) is 0.625. The Balaban J connectivity index is 0.000000810. The predicted molar refractivity (Wildman–Crippen MR) is 38.5 cm³/mol. The molecule has 0 unspecified atom stereocenters. The van der Waals surface area contributed by atoms with Gasteiger partial charge in [0.05, 0.1) is 0 Å². The molecule has 0 aliphatic heterocycles. The van der Waals surface area contributed by atoms with Crippen molar-refractivity contribution in [3.63, 3.8) is 0 Å². The van der Waals surface area contributed by atoms with Crippen LogP contribution < -0.4 is 5.43 Å². The van der Waals surface area contributed by atoms with Gasteiger partial charge in [-0.2, -0.15) is 5.10 Å². The van der Waals surface area contributed by atoms with Crippen molar-refractivity contribution in [2.24, 2.45) is 0 Å². The summed E-state index contributed by atoms with van der Waals surface area (Å²) in [4.78, 5) is 10.5. The molecule has 0 atom stereocenters. The Kier molecular flexibility index (Phi) is 3.35. The molecule has 0 spiro atoms. The molecule has 0 aromatic carbocycles. The molecule has 10 heavy (non-hydrogen) atoms. The van der Waals surface area contributed by atoms with Crippen molar-refractivity contribution in [1.29, 1.82) is 0 Å². The summed E-state index contributed by atoms with van der Waals surface area (Å²) in [5.41, 5.74) is -0.375. The molecule has 0 aliphatic rings. The molecule has 1 aromatic heterocycles. The number of hydrogen-bond donors (Lipinski definition) is 1. The third-order valence-corrected chi connectivity index (χ3v) is 1.19. The molecule has 3 N–H and O–H groups in total. The topological polar surface area (TPSA) is 77.2 Å². The van der Waals surface area contributed by atoms with Gasteiger partial charge < -0.3 is 5.48 Å². The highest BCUT2D eigenvalue weighted by Gasteiger charge is 1.95. The highest BCUT2D eigenvalue weighted by Crippen LogP contribution is 1.99. The molecule has 0 fully saturated rings. The van der Waals surface area contributed by atoms with Crippen LogP contribution in [0.4, 0.5) is 0 Å². The van der Waals surface area contributed by atoms with Crippen molar-refractivity contribution < 1.29 is 5.48 Å². The number of rotatable bonds is 0.